The highest BCUT2D eigenvalue weighted by Crippen LogP contribution is 2.47. The van der Waals surface area contributed by atoms with E-state index in [4.69, 9.17) is 80.5 Å². The lowest BCUT2D eigenvalue weighted by Gasteiger charge is -2.45. The van der Waals surface area contributed by atoms with E-state index in [-0.39, 0.29) is 0 Å². The van der Waals surface area contributed by atoms with Crippen molar-refractivity contribution >= 4 is 0 Å². The van der Waals surface area contributed by atoms with Gasteiger partial charge in [0, 0.05) is 0 Å². The van der Waals surface area contributed by atoms with Gasteiger partial charge in [-0.15, -0.1) is 0 Å². The van der Waals surface area contributed by atoms with Crippen LogP contribution < -0.4 is 0 Å². The highest BCUT2D eigenvalue weighted by Gasteiger charge is 2.69. The Bertz CT molecular complexity index is 2600. The van der Waals surface area contributed by atoms with Crippen LogP contribution >= 0.6 is 0 Å². The molecule has 29 N–H and O–H groups in total. The van der Waals surface area contributed by atoms with Crippen molar-refractivity contribution in [2.45, 2.75) is 223 Å². The third-order valence-electron chi connectivity index (χ3n) is 19.5. The second-order valence-corrected chi connectivity index (χ2v) is 25.7. The fourth-order valence-electron chi connectivity index (χ4n) is 13.2. The van der Waals surface area contributed by atoms with Crippen LogP contribution in [0.15, 0.2) is 0 Å². The number of aliphatic hydroxyl groups is 29. The van der Waals surface area contributed by atoms with E-state index in [0.29, 0.717) is 0 Å². The summed E-state index contributed by atoms with van der Waals surface area (Å²) < 4.78 is 99.0. The fourth-order valence-corrected chi connectivity index (χ4v) is 13.2. The lowest BCUT2D eigenvalue weighted by molar-refractivity contribution is -0.407. The van der Waals surface area contributed by atoms with Crippen LogP contribution in [0.3, 0.4) is 0 Å². The maximum Gasteiger partial charge on any atom is 0.224 e. The van der Waals surface area contributed by atoms with Gasteiger partial charge in [-0.05, 0) is 0 Å². The second kappa shape index (κ2) is 32.2. The maximum absolute atomic E-state index is 12.0. The molecule has 0 bridgehead atoms. The zero-order valence-electron chi connectivity index (χ0n) is 52.7. The molecule has 9 saturated heterocycles. The molecule has 584 valence electrons. The van der Waals surface area contributed by atoms with E-state index in [1.165, 1.54) is 0 Å². The van der Waals surface area contributed by atoms with Crippen molar-refractivity contribution in [2.75, 3.05) is 112 Å². The average molecular weight is 1480 g/mol. The number of rotatable bonds is 33. The third kappa shape index (κ3) is 14.5. The molecule has 0 radical (unpaired) electrons. The van der Waals surface area contributed by atoms with Gasteiger partial charge in [0.2, 0.25) is 46.3 Å². The highest BCUT2D eigenvalue weighted by atomic mass is 16.9. The number of hydrogen-bond acceptors (Lipinski definition) is 46. The van der Waals surface area contributed by atoms with Gasteiger partial charge in [0.1, 0.15) is 224 Å². The van der Waals surface area contributed by atoms with Crippen molar-refractivity contribution in [1.29, 1.82) is 0 Å². The van der Waals surface area contributed by atoms with Crippen LogP contribution in [0.5, 0.6) is 0 Å². The van der Waals surface area contributed by atoms with Crippen LogP contribution in [-0.4, -0.2) is 484 Å². The topological polar surface area (TPSA) is 744 Å². The minimum absolute atomic E-state index is 0.949. The molecule has 0 aromatic heterocycles. The van der Waals surface area contributed by atoms with E-state index in [9.17, 15) is 148 Å². The number of ether oxygens (including phenoxy) is 17. The van der Waals surface area contributed by atoms with Gasteiger partial charge < -0.3 is 229 Å². The van der Waals surface area contributed by atoms with Crippen molar-refractivity contribution in [1.82, 2.24) is 0 Å². The summed E-state index contributed by atoms with van der Waals surface area (Å²) in [4.78, 5) is 0. The largest absolute Gasteiger partial charge is 0.394 e. The molecule has 0 aromatic carbocycles. The first-order valence-corrected chi connectivity index (χ1v) is 31.4. The molecular weight excluding hydrogens is 1380 g/mol. The third-order valence-corrected chi connectivity index (χ3v) is 19.5. The molecule has 46 nitrogen and oxygen atoms in total. The molecule has 46 heteroatoms. The molecule has 9 unspecified atom stereocenters. The van der Waals surface area contributed by atoms with Gasteiger partial charge in [0.15, 0.2) is 6.29 Å². The predicted molar refractivity (Wildman–Crippen MR) is 297 cm³/mol. The van der Waals surface area contributed by atoms with Crippen molar-refractivity contribution in [3.8, 4) is 0 Å². The highest BCUT2D eigenvalue weighted by molar-refractivity contribution is 5.08. The predicted octanol–water partition coefficient (Wildman–Crippen LogP) is -20.6. The van der Waals surface area contributed by atoms with Gasteiger partial charge in [-0.3, -0.25) is 0 Å². The number of aliphatic hydroxyl groups excluding tert-OH is 29. The number of hydrogen-bond donors (Lipinski definition) is 29. The van der Waals surface area contributed by atoms with Gasteiger partial charge >= 0.3 is 0 Å². The lowest BCUT2D eigenvalue weighted by Crippen LogP contribution is -2.64. The lowest BCUT2D eigenvalue weighted by atomic mass is 9.99. The minimum Gasteiger partial charge on any atom is -0.394 e. The first kappa shape index (κ1) is 82.2. The fraction of sp³-hybridized carbons (Fsp3) is 1.00. The molecule has 0 saturated carbocycles. The van der Waals surface area contributed by atoms with E-state index in [1.54, 1.807) is 0 Å². The van der Waals surface area contributed by atoms with Crippen molar-refractivity contribution < 1.29 is 229 Å². The van der Waals surface area contributed by atoms with Crippen LogP contribution in [-0.2, 0) is 80.5 Å². The SMILES string of the molecule is OC[C@H]1OC(CO)(OCC2(OCC3(OCC4(OCC5(OCC6(OCC7(OCC8(OC9O[C@H](CO)[C@@H](O)[C@H](O)[C@H]9O)O[C@H](CO)[C@@H](O)[C@@H]8O)O[C@H](CO)[C@@H](O)[C@@H]7O)O[C@H](CO)[C@@H](O)[C@@H]6O)O[C@H](CO)[C@@H](O)[C@@H]5O)O[C@H](CO)[C@@H](O)[C@@H]4O)O[C@H](CO)[C@@H](O)[C@@H]3O)O[C@H](CO)[C@@H](O)[C@@H]2O)[C@@H](O)[C@@H]1O. The monoisotopic (exact) mass is 1480 g/mol. The molecule has 37 atom stereocenters. The van der Waals surface area contributed by atoms with Gasteiger partial charge in [-0.25, -0.2) is 0 Å². The second-order valence-electron chi connectivity index (χ2n) is 25.7. The van der Waals surface area contributed by atoms with Crippen molar-refractivity contribution in [3.63, 3.8) is 0 Å². The van der Waals surface area contributed by atoms with E-state index >= 15 is 0 Å². The van der Waals surface area contributed by atoms with Crippen LogP contribution in [0.25, 0.3) is 0 Å². The maximum atomic E-state index is 12.0. The molecular formula is C54H92O46. The van der Waals surface area contributed by atoms with Crippen molar-refractivity contribution in [3.05, 3.63) is 0 Å². The molecule has 0 amide bonds. The Labute approximate surface area is 563 Å². The summed E-state index contributed by atoms with van der Waals surface area (Å²) in [5, 5.41) is 316. The van der Waals surface area contributed by atoms with E-state index in [2.05, 4.69) is 0 Å². The summed E-state index contributed by atoms with van der Waals surface area (Å²) in [7, 11) is 0. The Hall–Kier alpha value is -1.84. The van der Waals surface area contributed by atoms with Gasteiger partial charge in [-0.1, -0.05) is 0 Å². The van der Waals surface area contributed by atoms with Gasteiger partial charge in [-0.2, -0.15) is 0 Å². The minimum atomic E-state index is -3.15. The molecule has 100 heavy (non-hydrogen) atoms. The Morgan fingerprint density at radius 2 is 0.380 bits per heavy atom. The summed E-state index contributed by atoms with van der Waals surface area (Å²) in [5.74, 6) is -24.1. The molecule has 9 fully saturated rings. The molecule has 9 aliphatic heterocycles. The summed E-state index contributed by atoms with van der Waals surface area (Å²) in [6.07, 6.45) is -61.9. The Balaban J connectivity index is 1.03. The summed E-state index contributed by atoms with van der Waals surface area (Å²) in [5.41, 5.74) is 0. The first-order valence-electron chi connectivity index (χ1n) is 31.4. The molecule has 0 spiro atoms. The van der Waals surface area contributed by atoms with Gasteiger partial charge in [0.05, 0.1) is 59.5 Å². The van der Waals surface area contributed by atoms with Crippen LogP contribution in [0.4, 0.5) is 0 Å². The molecule has 9 rings (SSSR count). The van der Waals surface area contributed by atoms with Crippen LogP contribution in [0, 0.1) is 0 Å². The Morgan fingerprint density at radius 1 is 0.200 bits per heavy atom. The smallest absolute Gasteiger partial charge is 0.224 e. The van der Waals surface area contributed by atoms with Gasteiger partial charge in [0.25, 0.3) is 0 Å². The average Bonchev–Trinajstić information content (AvgIpc) is 1.57. The Morgan fingerprint density at radius 3 is 0.590 bits per heavy atom. The quantitative estimate of drug-likeness (QED) is 0.0290. The summed E-state index contributed by atoms with van der Waals surface area (Å²) in [6, 6.07) is 0. The Kier molecular flexibility index (Phi) is 26.4. The standard InChI is InChI=1S/C54H92O46/c55-1-18-27(65)36(74)37(75)46(91-18)100-54(45(83)35(73)26(9-63)99-54)17-90-53(44(82)34(72)25(8-62)98-53)16-89-52(43(81)33(71)24(7-61)97-52)15-88-51(42(80)32(70)23(6-60)96-51)14-87-50(41(79)31(69)22(5-59)95-50)13-86-49(40(78)30(68)21(4-58)94-49)12-85-48(39(77)29(67)20(3-57)93-48)11-84-47(10-64)38(76)28(66)19(2-56)92-47/h18-46,55-83H,1-17H2/t18-,19-,20-,21-,22-,23-,24-,25-,26-,27-,28-,29-,30-,31-,32-,33-,34-,35-,36+,37-,38+,39+,40+,41+,42+,43+,44+,45+,46?,47?,48?,49?,50?,51?,52?,53?,54?/m1/s1. The van der Waals surface area contributed by atoms with E-state index in [0.717, 1.165) is 0 Å². The molecule has 9 aliphatic rings. The van der Waals surface area contributed by atoms with Crippen LogP contribution in [0.2, 0.25) is 0 Å². The van der Waals surface area contributed by atoms with E-state index < -0.39 is 336 Å². The summed E-state index contributed by atoms with van der Waals surface area (Å²) >= 11 is 0. The molecule has 9 heterocycles. The molecule has 0 aliphatic carbocycles. The van der Waals surface area contributed by atoms with E-state index in [1.807, 2.05) is 0 Å². The zero-order chi connectivity index (χ0) is 73.8. The zero-order valence-corrected chi connectivity index (χ0v) is 52.7. The normalized spacial score (nSPS) is 52.7. The molecule has 0 aromatic rings. The van der Waals surface area contributed by atoms with Crippen LogP contribution in [0.1, 0.15) is 0 Å². The first-order chi connectivity index (χ1) is 47.2. The summed E-state index contributed by atoms with van der Waals surface area (Å²) in [6.45, 7) is -21.6. The van der Waals surface area contributed by atoms with Crippen molar-refractivity contribution in [2.24, 2.45) is 0 Å².